The molecule has 1 atom stereocenters. The molecule has 4 rings (SSSR count). The van der Waals surface area contributed by atoms with E-state index >= 15 is 0 Å². The number of likely N-dealkylation sites (N-methyl/N-ethyl adjacent to an activating group) is 1. The Labute approximate surface area is 189 Å². The molecule has 1 heterocycles. The van der Waals surface area contributed by atoms with Crippen LogP contribution < -0.4 is 15.5 Å². The second kappa shape index (κ2) is 8.79. The van der Waals surface area contributed by atoms with Crippen LogP contribution in [0.4, 0.5) is 16.2 Å². The minimum absolute atomic E-state index is 0.285. The van der Waals surface area contributed by atoms with E-state index in [1.54, 1.807) is 19.2 Å². The fraction of sp³-hybridized carbons (Fsp3) is 0.0870. The van der Waals surface area contributed by atoms with Crippen molar-refractivity contribution in [3.05, 3.63) is 94.0 Å². The molecule has 0 unspecified atom stereocenters. The number of benzene rings is 3. The highest BCUT2D eigenvalue weighted by Crippen LogP contribution is 2.28. The maximum Gasteiger partial charge on any atom is 0.321 e. The summed E-state index contributed by atoms with van der Waals surface area (Å²) in [6.45, 7) is 0. The molecule has 0 aliphatic carbocycles. The number of aliphatic imine (C=N–C) groups is 1. The molecular formula is C23H18Cl2N4O2. The van der Waals surface area contributed by atoms with Gasteiger partial charge in [0, 0.05) is 23.2 Å². The van der Waals surface area contributed by atoms with Crippen LogP contribution >= 0.6 is 23.2 Å². The van der Waals surface area contributed by atoms with Gasteiger partial charge in [-0.2, -0.15) is 0 Å². The molecule has 0 saturated carbocycles. The lowest BCUT2D eigenvalue weighted by molar-refractivity contribution is -0.119. The van der Waals surface area contributed by atoms with E-state index in [4.69, 9.17) is 23.2 Å². The molecule has 1 aliphatic rings. The van der Waals surface area contributed by atoms with Crippen molar-refractivity contribution in [2.45, 2.75) is 6.17 Å². The van der Waals surface area contributed by atoms with Gasteiger partial charge in [-0.15, -0.1) is 0 Å². The highest BCUT2D eigenvalue weighted by atomic mass is 35.5. The Hall–Kier alpha value is -3.35. The number of nitrogens with zero attached hydrogens (tertiary/aromatic N) is 2. The number of rotatable bonds is 3. The normalized spacial score (nSPS) is 15.6. The number of para-hydroxylation sites is 1. The first-order chi connectivity index (χ1) is 14.9. The number of amides is 3. The van der Waals surface area contributed by atoms with Crippen LogP contribution in [0.15, 0.2) is 77.8 Å². The largest absolute Gasteiger partial charge is 0.321 e. The van der Waals surface area contributed by atoms with Crippen LogP contribution in [0.1, 0.15) is 11.1 Å². The van der Waals surface area contributed by atoms with Gasteiger partial charge < -0.3 is 15.5 Å². The quantitative estimate of drug-likeness (QED) is 0.589. The molecule has 0 fully saturated rings. The SMILES string of the molecule is CN1C(=O)[C@H](NC(=O)Nc2ccc(Cl)cc2Cl)N=C(c2ccccc2)c2ccccc21. The van der Waals surface area contributed by atoms with Crippen molar-refractivity contribution in [1.29, 1.82) is 0 Å². The fourth-order valence-electron chi connectivity index (χ4n) is 3.32. The summed E-state index contributed by atoms with van der Waals surface area (Å²) in [7, 11) is 1.66. The van der Waals surface area contributed by atoms with E-state index < -0.39 is 12.2 Å². The van der Waals surface area contributed by atoms with Crippen molar-refractivity contribution in [1.82, 2.24) is 5.32 Å². The van der Waals surface area contributed by atoms with E-state index in [1.165, 1.54) is 11.0 Å². The number of anilines is 2. The highest BCUT2D eigenvalue weighted by molar-refractivity contribution is 6.36. The van der Waals surface area contributed by atoms with Crippen LogP contribution in [0.3, 0.4) is 0 Å². The Balaban J connectivity index is 1.68. The van der Waals surface area contributed by atoms with Gasteiger partial charge in [0.25, 0.3) is 5.91 Å². The van der Waals surface area contributed by atoms with Crippen molar-refractivity contribution < 1.29 is 9.59 Å². The topological polar surface area (TPSA) is 73.8 Å². The molecular weight excluding hydrogens is 435 g/mol. The Morgan fingerprint density at radius 2 is 1.71 bits per heavy atom. The monoisotopic (exact) mass is 452 g/mol. The lowest BCUT2D eigenvalue weighted by Crippen LogP contribution is -2.47. The van der Waals surface area contributed by atoms with Gasteiger partial charge in [0.2, 0.25) is 6.17 Å². The minimum Gasteiger partial charge on any atom is -0.311 e. The summed E-state index contributed by atoms with van der Waals surface area (Å²) in [5, 5.41) is 6.01. The van der Waals surface area contributed by atoms with Gasteiger partial charge in [-0.1, -0.05) is 71.7 Å². The van der Waals surface area contributed by atoms with Gasteiger partial charge >= 0.3 is 6.03 Å². The lowest BCUT2D eigenvalue weighted by Gasteiger charge is -2.21. The van der Waals surface area contributed by atoms with E-state index in [0.29, 0.717) is 22.1 Å². The van der Waals surface area contributed by atoms with Crippen LogP contribution in [-0.2, 0) is 4.79 Å². The van der Waals surface area contributed by atoms with Crippen LogP contribution in [0, 0.1) is 0 Å². The number of nitrogens with one attached hydrogen (secondary N) is 2. The Kier molecular flexibility index (Phi) is 5.93. The van der Waals surface area contributed by atoms with Crippen LogP contribution in [-0.4, -0.2) is 30.9 Å². The van der Waals surface area contributed by atoms with E-state index in [-0.39, 0.29) is 10.9 Å². The third kappa shape index (κ3) is 4.40. The molecule has 0 saturated heterocycles. The number of halogens is 2. The molecule has 156 valence electrons. The second-order valence-corrected chi connectivity index (χ2v) is 7.73. The van der Waals surface area contributed by atoms with Crippen LogP contribution in [0.2, 0.25) is 10.0 Å². The highest BCUT2D eigenvalue weighted by Gasteiger charge is 2.31. The average Bonchev–Trinajstić information content (AvgIpc) is 2.87. The van der Waals surface area contributed by atoms with Crippen molar-refractivity contribution in [2.24, 2.45) is 4.99 Å². The number of carbonyl (C=O) groups excluding carboxylic acids is 2. The Morgan fingerprint density at radius 3 is 2.45 bits per heavy atom. The second-order valence-electron chi connectivity index (χ2n) is 6.88. The molecule has 1 aliphatic heterocycles. The number of urea groups is 1. The maximum atomic E-state index is 13.1. The van der Waals surface area contributed by atoms with E-state index in [2.05, 4.69) is 15.6 Å². The van der Waals surface area contributed by atoms with Crippen LogP contribution in [0.5, 0.6) is 0 Å². The smallest absolute Gasteiger partial charge is 0.311 e. The van der Waals surface area contributed by atoms with Crippen molar-refractivity contribution in [2.75, 3.05) is 17.3 Å². The van der Waals surface area contributed by atoms with Gasteiger partial charge in [0.15, 0.2) is 0 Å². The summed E-state index contributed by atoms with van der Waals surface area (Å²) in [4.78, 5) is 31.9. The Bertz CT molecular complexity index is 1180. The summed E-state index contributed by atoms with van der Waals surface area (Å²) >= 11 is 12.0. The zero-order chi connectivity index (χ0) is 22.0. The first-order valence-electron chi connectivity index (χ1n) is 9.47. The standard InChI is InChI=1S/C23H18Cl2N4O2/c1-29-19-10-6-5-9-16(19)20(14-7-3-2-4-8-14)27-21(22(29)30)28-23(31)26-18-12-11-15(24)13-17(18)25/h2-13,21H,1H3,(H2,26,28,31)/t21-/m0/s1. The van der Waals surface area contributed by atoms with Gasteiger partial charge in [-0.25, -0.2) is 9.79 Å². The molecule has 6 nitrogen and oxygen atoms in total. The van der Waals surface area contributed by atoms with Crippen LogP contribution in [0.25, 0.3) is 0 Å². The number of carbonyl (C=O) groups is 2. The first kappa shape index (κ1) is 20.9. The van der Waals surface area contributed by atoms with Gasteiger partial charge in [0.1, 0.15) is 0 Å². The molecule has 0 spiro atoms. The minimum atomic E-state index is -1.13. The maximum absolute atomic E-state index is 13.1. The average molecular weight is 453 g/mol. The predicted octanol–water partition coefficient (Wildman–Crippen LogP) is 4.96. The third-order valence-electron chi connectivity index (χ3n) is 4.84. The third-order valence-corrected chi connectivity index (χ3v) is 5.39. The molecule has 31 heavy (non-hydrogen) atoms. The van der Waals surface area contributed by atoms with E-state index in [0.717, 1.165) is 11.1 Å². The fourth-order valence-corrected chi connectivity index (χ4v) is 3.77. The summed E-state index contributed by atoms with van der Waals surface area (Å²) in [6.07, 6.45) is -1.13. The number of hydrogen-bond donors (Lipinski definition) is 2. The summed E-state index contributed by atoms with van der Waals surface area (Å²) in [5.41, 5.74) is 3.33. The summed E-state index contributed by atoms with van der Waals surface area (Å²) in [6, 6.07) is 21.1. The molecule has 8 heteroatoms. The van der Waals surface area contributed by atoms with E-state index in [9.17, 15) is 9.59 Å². The number of benzodiazepines with no additional fused rings is 1. The zero-order valence-corrected chi connectivity index (χ0v) is 18.0. The predicted molar refractivity (Wildman–Crippen MR) is 124 cm³/mol. The van der Waals surface area contributed by atoms with E-state index in [1.807, 2.05) is 54.6 Å². The van der Waals surface area contributed by atoms with Crippen molar-refractivity contribution >= 4 is 52.2 Å². The van der Waals surface area contributed by atoms with Crippen molar-refractivity contribution in [3.63, 3.8) is 0 Å². The molecule has 0 bridgehead atoms. The van der Waals surface area contributed by atoms with Crippen molar-refractivity contribution in [3.8, 4) is 0 Å². The molecule has 3 amide bonds. The molecule has 0 radical (unpaired) electrons. The molecule has 2 N–H and O–H groups in total. The molecule has 0 aromatic heterocycles. The molecule has 3 aromatic carbocycles. The summed E-state index contributed by atoms with van der Waals surface area (Å²) in [5.74, 6) is -0.365. The lowest BCUT2D eigenvalue weighted by atomic mass is 10.0. The van der Waals surface area contributed by atoms with Gasteiger partial charge in [-0.3, -0.25) is 4.79 Å². The summed E-state index contributed by atoms with van der Waals surface area (Å²) < 4.78 is 0. The number of fused-ring (bicyclic) bond motifs is 1. The zero-order valence-electron chi connectivity index (χ0n) is 16.5. The van der Waals surface area contributed by atoms with Gasteiger partial charge in [0.05, 0.1) is 22.1 Å². The number of hydrogen-bond acceptors (Lipinski definition) is 3. The molecule has 3 aromatic rings. The van der Waals surface area contributed by atoms with Gasteiger partial charge in [-0.05, 0) is 24.3 Å². The Morgan fingerprint density at radius 1 is 1.00 bits per heavy atom. The first-order valence-corrected chi connectivity index (χ1v) is 10.2.